The highest BCUT2D eigenvalue weighted by Crippen LogP contribution is 2.28. The molecule has 1 atom stereocenters. The van der Waals surface area contributed by atoms with Crippen molar-refractivity contribution in [2.75, 3.05) is 17.3 Å². The quantitative estimate of drug-likeness (QED) is 0.721. The number of imide groups is 1. The smallest absolute Gasteiger partial charge is 0.262 e. The second-order valence-corrected chi connectivity index (χ2v) is 7.76. The van der Waals surface area contributed by atoms with Crippen molar-refractivity contribution in [2.24, 2.45) is 0 Å². The molecule has 0 saturated heterocycles. The lowest BCUT2D eigenvalue weighted by Crippen LogP contribution is -2.47. The number of benzene rings is 2. The Labute approximate surface area is 169 Å². The summed E-state index contributed by atoms with van der Waals surface area (Å²) < 4.78 is 0. The molecule has 5 nitrogen and oxygen atoms in total. The number of hydrogen-bond acceptors (Lipinski definition) is 4. The van der Waals surface area contributed by atoms with E-state index in [0.29, 0.717) is 23.3 Å². The van der Waals surface area contributed by atoms with E-state index in [1.807, 2.05) is 38.3 Å². The first-order chi connectivity index (χ1) is 13.5. The molecule has 0 fully saturated rings. The standard InChI is InChI=1S/C22H24N2O3S/c1-4-15-9-7-8-14(2)19(15)23-20(25)18(12-13-28-3)24-21(26)16-10-5-6-11-17(16)22(24)27/h5-11,18H,4,12-13H2,1-3H3,(H,23,25)/t18-/m0/s1. The first-order valence-electron chi connectivity index (χ1n) is 9.34. The molecule has 1 aliphatic rings. The van der Waals surface area contributed by atoms with Gasteiger partial charge in [-0.15, -0.1) is 0 Å². The van der Waals surface area contributed by atoms with Gasteiger partial charge in [-0.05, 0) is 55.0 Å². The molecule has 146 valence electrons. The molecule has 0 saturated carbocycles. The summed E-state index contributed by atoms with van der Waals surface area (Å²) in [6.07, 6.45) is 3.12. The molecule has 3 rings (SSSR count). The van der Waals surface area contributed by atoms with E-state index in [0.717, 1.165) is 28.1 Å². The number of rotatable bonds is 7. The van der Waals surface area contributed by atoms with Crippen molar-refractivity contribution in [3.05, 3.63) is 64.7 Å². The molecule has 0 aromatic heterocycles. The Morgan fingerprint density at radius 2 is 1.71 bits per heavy atom. The summed E-state index contributed by atoms with van der Waals surface area (Å²) >= 11 is 1.58. The molecule has 1 N–H and O–H groups in total. The van der Waals surface area contributed by atoms with Crippen molar-refractivity contribution in [1.82, 2.24) is 4.90 Å². The highest BCUT2D eigenvalue weighted by atomic mass is 32.2. The third-order valence-electron chi connectivity index (χ3n) is 5.02. The van der Waals surface area contributed by atoms with E-state index in [-0.39, 0.29) is 5.91 Å². The van der Waals surface area contributed by atoms with Gasteiger partial charge in [0.05, 0.1) is 11.1 Å². The second kappa shape index (κ2) is 8.61. The Hall–Kier alpha value is -2.60. The summed E-state index contributed by atoms with van der Waals surface area (Å²) in [5.74, 6) is -0.461. The zero-order chi connectivity index (χ0) is 20.3. The lowest BCUT2D eigenvalue weighted by Gasteiger charge is -2.26. The minimum Gasteiger partial charge on any atom is -0.324 e. The van der Waals surface area contributed by atoms with Gasteiger partial charge in [-0.3, -0.25) is 19.3 Å². The van der Waals surface area contributed by atoms with Gasteiger partial charge in [-0.25, -0.2) is 0 Å². The molecule has 1 aliphatic heterocycles. The van der Waals surface area contributed by atoms with Gasteiger partial charge in [0, 0.05) is 5.69 Å². The van der Waals surface area contributed by atoms with Crippen molar-refractivity contribution in [3.8, 4) is 0 Å². The number of hydrogen-bond donors (Lipinski definition) is 1. The highest BCUT2D eigenvalue weighted by Gasteiger charge is 2.42. The molecule has 0 spiro atoms. The SMILES string of the molecule is CCc1cccc(C)c1NC(=O)[C@H](CCSC)N1C(=O)c2ccccc2C1=O. The number of carbonyl (C=O) groups is 3. The van der Waals surface area contributed by atoms with Crippen LogP contribution < -0.4 is 5.32 Å². The first-order valence-corrected chi connectivity index (χ1v) is 10.7. The monoisotopic (exact) mass is 396 g/mol. The number of fused-ring (bicyclic) bond motifs is 1. The Kier molecular flexibility index (Phi) is 6.19. The van der Waals surface area contributed by atoms with Crippen molar-refractivity contribution in [2.45, 2.75) is 32.7 Å². The molecular formula is C22H24N2O3S. The van der Waals surface area contributed by atoms with Gasteiger partial charge in [0.2, 0.25) is 5.91 Å². The number of carbonyl (C=O) groups excluding carboxylic acids is 3. The van der Waals surface area contributed by atoms with E-state index in [4.69, 9.17) is 0 Å². The van der Waals surface area contributed by atoms with Crippen LogP contribution in [0.4, 0.5) is 5.69 Å². The van der Waals surface area contributed by atoms with Gasteiger partial charge in [0.1, 0.15) is 6.04 Å². The molecule has 2 aromatic carbocycles. The van der Waals surface area contributed by atoms with Gasteiger partial charge in [-0.2, -0.15) is 11.8 Å². The zero-order valence-corrected chi connectivity index (χ0v) is 17.1. The largest absolute Gasteiger partial charge is 0.324 e. The molecule has 6 heteroatoms. The van der Waals surface area contributed by atoms with E-state index < -0.39 is 17.9 Å². The summed E-state index contributed by atoms with van der Waals surface area (Å²) in [6, 6.07) is 11.8. The third kappa shape index (κ3) is 3.69. The number of nitrogens with one attached hydrogen (secondary N) is 1. The number of anilines is 1. The lowest BCUT2D eigenvalue weighted by molar-refractivity contribution is -0.120. The average Bonchev–Trinajstić information content (AvgIpc) is 2.95. The van der Waals surface area contributed by atoms with E-state index >= 15 is 0 Å². The van der Waals surface area contributed by atoms with Crippen molar-refractivity contribution >= 4 is 35.2 Å². The minimum atomic E-state index is -0.843. The van der Waals surface area contributed by atoms with Gasteiger partial charge >= 0.3 is 0 Å². The molecule has 28 heavy (non-hydrogen) atoms. The normalized spacial score (nSPS) is 14.2. The van der Waals surface area contributed by atoms with Crippen LogP contribution in [0, 0.1) is 6.92 Å². The van der Waals surface area contributed by atoms with E-state index in [1.54, 1.807) is 36.0 Å². The zero-order valence-electron chi connectivity index (χ0n) is 16.3. The molecule has 0 radical (unpaired) electrons. The van der Waals surface area contributed by atoms with Crippen LogP contribution in [0.1, 0.15) is 45.2 Å². The van der Waals surface area contributed by atoms with Gasteiger partial charge < -0.3 is 5.32 Å². The molecule has 1 heterocycles. The molecule has 3 amide bonds. The minimum absolute atomic E-state index is 0.326. The second-order valence-electron chi connectivity index (χ2n) is 6.78. The summed E-state index contributed by atoms with van der Waals surface area (Å²) in [5, 5.41) is 2.99. The highest BCUT2D eigenvalue weighted by molar-refractivity contribution is 7.98. The van der Waals surface area contributed by atoms with Crippen molar-refractivity contribution in [3.63, 3.8) is 0 Å². The number of para-hydroxylation sites is 1. The summed E-state index contributed by atoms with van der Waals surface area (Å²) in [6.45, 7) is 3.97. The molecule has 0 unspecified atom stereocenters. The predicted molar refractivity (Wildman–Crippen MR) is 113 cm³/mol. The van der Waals surface area contributed by atoms with Crippen LogP contribution in [0.25, 0.3) is 0 Å². The van der Waals surface area contributed by atoms with Gasteiger partial charge in [0.25, 0.3) is 11.8 Å². The summed E-state index contributed by atoms with van der Waals surface area (Å²) in [7, 11) is 0. The van der Waals surface area contributed by atoms with Crippen LogP contribution in [0.2, 0.25) is 0 Å². The molecular weight excluding hydrogens is 372 g/mol. The predicted octanol–water partition coefficient (Wildman–Crippen LogP) is 3.91. The van der Waals surface area contributed by atoms with Crippen LogP contribution >= 0.6 is 11.8 Å². The molecule has 2 aromatic rings. The van der Waals surface area contributed by atoms with Crippen LogP contribution in [-0.4, -0.2) is 40.7 Å². The average molecular weight is 397 g/mol. The Bertz CT molecular complexity index is 891. The van der Waals surface area contributed by atoms with E-state index in [9.17, 15) is 14.4 Å². The maximum Gasteiger partial charge on any atom is 0.262 e. The third-order valence-corrected chi connectivity index (χ3v) is 5.67. The van der Waals surface area contributed by atoms with Crippen LogP contribution in [0.5, 0.6) is 0 Å². The Morgan fingerprint density at radius 3 is 2.29 bits per heavy atom. The number of aryl methyl sites for hydroxylation is 2. The number of nitrogens with zero attached hydrogens (tertiary/aromatic N) is 1. The van der Waals surface area contributed by atoms with Crippen LogP contribution in [0.15, 0.2) is 42.5 Å². The van der Waals surface area contributed by atoms with Crippen molar-refractivity contribution in [1.29, 1.82) is 0 Å². The lowest BCUT2D eigenvalue weighted by atomic mass is 10.0. The fraction of sp³-hybridized carbons (Fsp3) is 0.318. The van der Waals surface area contributed by atoms with Gasteiger partial charge in [-0.1, -0.05) is 37.3 Å². The Morgan fingerprint density at radius 1 is 1.07 bits per heavy atom. The topological polar surface area (TPSA) is 66.5 Å². The van der Waals surface area contributed by atoms with Crippen LogP contribution in [-0.2, 0) is 11.2 Å². The van der Waals surface area contributed by atoms with Gasteiger partial charge in [0.15, 0.2) is 0 Å². The molecule has 0 aliphatic carbocycles. The first kappa shape index (κ1) is 20.1. The summed E-state index contributed by atoms with van der Waals surface area (Å²) in [5.41, 5.74) is 3.47. The fourth-order valence-electron chi connectivity index (χ4n) is 3.51. The Balaban J connectivity index is 1.92. The number of amides is 3. The van der Waals surface area contributed by atoms with E-state index in [2.05, 4.69) is 5.32 Å². The van der Waals surface area contributed by atoms with Crippen LogP contribution in [0.3, 0.4) is 0 Å². The fourth-order valence-corrected chi connectivity index (χ4v) is 3.97. The maximum atomic E-state index is 13.2. The molecule has 0 bridgehead atoms. The van der Waals surface area contributed by atoms with Crippen molar-refractivity contribution < 1.29 is 14.4 Å². The number of thioether (sulfide) groups is 1. The summed E-state index contributed by atoms with van der Waals surface area (Å²) in [4.78, 5) is 40.1. The maximum absolute atomic E-state index is 13.2. The van der Waals surface area contributed by atoms with E-state index in [1.165, 1.54) is 0 Å².